The Morgan fingerprint density at radius 3 is 2.30 bits per heavy atom. The summed E-state index contributed by atoms with van der Waals surface area (Å²) in [5, 5.41) is 8.79. The molecule has 0 saturated carbocycles. The van der Waals surface area contributed by atoms with E-state index in [1.54, 1.807) is 17.1 Å². The fourth-order valence-electron chi connectivity index (χ4n) is 3.13. The van der Waals surface area contributed by atoms with Gasteiger partial charge in [0.15, 0.2) is 0 Å². The van der Waals surface area contributed by atoms with Crippen LogP contribution in [0.15, 0.2) is 96.2 Å². The SMILES string of the molecule is CCc1ccc(/C=N\NC(=O)c2cn(-c3ccccc3)nc2-c2ccccc2)cc1. The first kappa shape index (κ1) is 19.3. The van der Waals surface area contributed by atoms with E-state index in [0.717, 1.165) is 23.2 Å². The number of nitrogens with zero attached hydrogens (tertiary/aromatic N) is 3. The first-order valence-electron chi connectivity index (χ1n) is 9.87. The molecule has 0 radical (unpaired) electrons. The number of benzene rings is 3. The van der Waals surface area contributed by atoms with Gasteiger partial charge >= 0.3 is 0 Å². The number of rotatable bonds is 6. The number of hydrazone groups is 1. The van der Waals surface area contributed by atoms with E-state index in [0.29, 0.717) is 11.3 Å². The van der Waals surface area contributed by atoms with Gasteiger partial charge in [-0.3, -0.25) is 4.79 Å². The highest BCUT2D eigenvalue weighted by atomic mass is 16.2. The number of nitrogens with one attached hydrogen (secondary N) is 1. The Morgan fingerprint density at radius 1 is 0.967 bits per heavy atom. The van der Waals surface area contributed by atoms with Crippen LogP contribution in [0.2, 0.25) is 0 Å². The number of hydrogen-bond acceptors (Lipinski definition) is 3. The summed E-state index contributed by atoms with van der Waals surface area (Å²) in [5.41, 5.74) is 7.64. The molecule has 1 amide bonds. The molecular weight excluding hydrogens is 372 g/mol. The average molecular weight is 394 g/mol. The maximum absolute atomic E-state index is 12.9. The lowest BCUT2D eigenvalue weighted by molar-refractivity contribution is 0.0955. The van der Waals surface area contributed by atoms with E-state index in [2.05, 4.69) is 34.7 Å². The van der Waals surface area contributed by atoms with Crippen LogP contribution in [0.5, 0.6) is 0 Å². The Morgan fingerprint density at radius 2 is 1.63 bits per heavy atom. The van der Waals surface area contributed by atoms with E-state index in [-0.39, 0.29) is 5.91 Å². The van der Waals surface area contributed by atoms with Crippen molar-refractivity contribution in [2.75, 3.05) is 0 Å². The van der Waals surface area contributed by atoms with E-state index in [1.165, 1.54) is 5.56 Å². The summed E-state index contributed by atoms with van der Waals surface area (Å²) in [4.78, 5) is 12.9. The highest BCUT2D eigenvalue weighted by molar-refractivity contribution is 6.00. The Kier molecular flexibility index (Phi) is 5.80. The van der Waals surface area contributed by atoms with Crippen molar-refractivity contribution in [2.24, 2.45) is 5.10 Å². The van der Waals surface area contributed by atoms with Crippen LogP contribution in [0.3, 0.4) is 0 Å². The van der Waals surface area contributed by atoms with Crippen LogP contribution in [-0.4, -0.2) is 21.9 Å². The van der Waals surface area contributed by atoms with Crippen molar-refractivity contribution >= 4 is 12.1 Å². The van der Waals surface area contributed by atoms with Gasteiger partial charge in [-0.2, -0.15) is 10.2 Å². The van der Waals surface area contributed by atoms with E-state index in [4.69, 9.17) is 0 Å². The van der Waals surface area contributed by atoms with Gasteiger partial charge < -0.3 is 0 Å². The fourth-order valence-corrected chi connectivity index (χ4v) is 3.13. The van der Waals surface area contributed by atoms with Crippen LogP contribution in [0.25, 0.3) is 16.9 Å². The number of aromatic nitrogens is 2. The molecule has 0 aliphatic rings. The van der Waals surface area contributed by atoms with Crippen LogP contribution in [-0.2, 0) is 6.42 Å². The molecule has 30 heavy (non-hydrogen) atoms. The normalized spacial score (nSPS) is 11.0. The van der Waals surface area contributed by atoms with Crippen LogP contribution >= 0.6 is 0 Å². The lowest BCUT2D eigenvalue weighted by Gasteiger charge is -2.01. The molecule has 0 bridgehead atoms. The quantitative estimate of drug-likeness (QED) is 0.375. The largest absolute Gasteiger partial charge is 0.275 e. The van der Waals surface area contributed by atoms with Gasteiger partial charge in [-0.25, -0.2) is 10.1 Å². The van der Waals surface area contributed by atoms with Crippen molar-refractivity contribution in [3.05, 3.63) is 108 Å². The van der Waals surface area contributed by atoms with Gasteiger partial charge in [0.25, 0.3) is 5.91 Å². The van der Waals surface area contributed by atoms with Gasteiger partial charge in [0.05, 0.1) is 17.5 Å². The Balaban J connectivity index is 1.60. The monoisotopic (exact) mass is 394 g/mol. The Hall–Kier alpha value is -3.99. The summed E-state index contributed by atoms with van der Waals surface area (Å²) in [7, 11) is 0. The van der Waals surface area contributed by atoms with Gasteiger partial charge in [-0.1, -0.05) is 79.7 Å². The summed E-state index contributed by atoms with van der Waals surface area (Å²) >= 11 is 0. The molecule has 0 spiro atoms. The summed E-state index contributed by atoms with van der Waals surface area (Å²) < 4.78 is 1.71. The molecule has 0 saturated heterocycles. The van der Waals surface area contributed by atoms with Crippen molar-refractivity contribution in [3.8, 4) is 16.9 Å². The van der Waals surface area contributed by atoms with Gasteiger partial charge in [0.2, 0.25) is 0 Å². The predicted octanol–water partition coefficient (Wildman–Crippen LogP) is 4.87. The molecule has 1 N–H and O–H groups in total. The summed E-state index contributed by atoms with van der Waals surface area (Å²) in [6.45, 7) is 2.11. The molecule has 4 rings (SSSR count). The van der Waals surface area contributed by atoms with E-state index in [1.807, 2.05) is 72.8 Å². The lowest BCUT2D eigenvalue weighted by Crippen LogP contribution is -2.17. The topological polar surface area (TPSA) is 59.3 Å². The Bertz CT molecular complexity index is 1150. The number of carbonyl (C=O) groups is 1. The molecule has 0 unspecified atom stereocenters. The fraction of sp³-hybridized carbons (Fsp3) is 0.0800. The number of carbonyl (C=O) groups excluding carboxylic acids is 1. The molecule has 3 aromatic carbocycles. The van der Waals surface area contributed by atoms with Crippen molar-refractivity contribution < 1.29 is 4.79 Å². The zero-order valence-electron chi connectivity index (χ0n) is 16.7. The second-order valence-electron chi connectivity index (χ2n) is 6.83. The van der Waals surface area contributed by atoms with E-state index >= 15 is 0 Å². The van der Waals surface area contributed by atoms with Crippen molar-refractivity contribution in [1.29, 1.82) is 0 Å². The maximum Gasteiger partial charge on any atom is 0.275 e. The van der Waals surface area contributed by atoms with Crippen molar-refractivity contribution in [1.82, 2.24) is 15.2 Å². The van der Waals surface area contributed by atoms with Crippen LogP contribution in [0.1, 0.15) is 28.4 Å². The summed E-state index contributed by atoms with van der Waals surface area (Å²) in [6, 6.07) is 27.5. The van der Waals surface area contributed by atoms with Crippen molar-refractivity contribution in [2.45, 2.75) is 13.3 Å². The molecule has 1 heterocycles. The first-order chi connectivity index (χ1) is 14.7. The highest BCUT2D eigenvalue weighted by Crippen LogP contribution is 2.23. The second kappa shape index (κ2) is 9.01. The number of amides is 1. The Labute approximate surface area is 175 Å². The molecule has 4 aromatic rings. The molecule has 148 valence electrons. The standard InChI is InChI=1S/C25H22N4O/c1-2-19-13-15-20(16-14-19)17-26-27-25(30)23-18-29(22-11-7-4-8-12-22)28-24(23)21-9-5-3-6-10-21/h3-18H,2H2,1H3,(H,27,30)/b26-17-. The van der Waals surface area contributed by atoms with Gasteiger partial charge in [-0.05, 0) is 29.7 Å². The minimum Gasteiger partial charge on any atom is -0.267 e. The lowest BCUT2D eigenvalue weighted by atomic mass is 10.1. The number of aryl methyl sites for hydroxylation is 1. The van der Waals surface area contributed by atoms with E-state index in [9.17, 15) is 4.79 Å². The first-order valence-corrected chi connectivity index (χ1v) is 9.87. The zero-order chi connectivity index (χ0) is 20.8. The van der Waals surface area contributed by atoms with Gasteiger partial charge in [-0.15, -0.1) is 0 Å². The molecule has 5 heteroatoms. The third-order valence-corrected chi connectivity index (χ3v) is 4.79. The molecule has 0 atom stereocenters. The molecule has 1 aromatic heterocycles. The summed E-state index contributed by atoms with van der Waals surface area (Å²) in [5.74, 6) is -0.308. The van der Waals surface area contributed by atoms with Crippen molar-refractivity contribution in [3.63, 3.8) is 0 Å². The van der Waals surface area contributed by atoms with Crippen LogP contribution < -0.4 is 5.43 Å². The van der Waals surface area contributed by atoms with Crippen LogP contribution in [0, 0.1) is 0 Å². The third kappa shape index (κ3) is 4.36. The van der Waals surface area contributed by atoms with E-state index < -0.39 is 0 Å². The molecule has 0 aliphatic carbocycles. The number of para-hydroxylation sites is 1. The second-order valence-corrected chi connectivity index (χ2v) is 6.83. The minimum atomic E-state index is -0.308. The molecular formula is C25H22N4O. The molecule has 0 aliphatic heterocycles. The van der Waals surface area contributed by atoms with Gasteiger partial charge in [0.1, 0.15) is 5.69 Å². The summed E-state index contributed by atoms with van der Waals surface area (Å²) in [6.07, 6.45) is 4.36. The van der Waals surface area contributed by atoms with Crippen LogP contribution in [0.4, 0.5) is 0 Å². The number of hydrogen-bond donors (Lipinski definition) is 1. The maximum atomic E-state index is 12.9. The highest BCUT2D eigenvalue weighted by Gasteiger charge is 2.18. The van der Waals surface area contributed by atoms with Gasteiger partial charge in [0, 0.05) is 11.8 Å². The third-order valence-electron chi connectivity index (χ3n) is 4.79. The zero-order valence-corrected chi connectivity index (χ0v) is 16.7. The minimum absolute atomic E-state index is 0.308. The molecule has 0 fully saturated rings. The average Bonchev–Trinajstić information content (AvgIpc) is 3.26. The predicted molar refractivity (Wildman–Crippen MR) is 120 cm³/mol. The smallest absolute Gasteiger partial charge is 0.267 e. The molecule has 5 nitrogen and oxygen atoms in total.